The van der Waals surface area contributed by atoms with E-state index in [4.69, 9.17) is 4.74 Å². The number of carboxylic acid groups (broad SMARTS) is 1. The van der Waals surface area contributed by atoms with Crippen molar-refractivity contribution in [2.75, 3.05) is 6.61 Å². The molecule has 0 heterocycles. The van der Waals surface area contributed by atoms with Crippen molar-refractivity contribution in [2.24, 2.45) is 5.92 Å². The first kappa shape index (κ1) is 18.4. The molecule has 1 fully saturated rings. The maximum atomic E-state index is 11.5. The van der Waals surface area contributed by atoms with Gasteiger partial charge in [0, 0.05) is 19.1 Å². The van der Waals surface area contributed by atoms with Gasteiger partial charge in [-0.3, -0.25) is 10.1 Å². The van der Waals surface area contributed by atoms with E-state index in [9.17, 15) is 9.90 Å². The molecule has 0 aromatic heterocycles. The average Bonchev–Trinajstić information content (AvgIpc) is 3.22. The van der Waals surface area contributed by atoms with Crippen LogP contribution in [0.3, 0.4) is 0 Å². The maximum Gasteiger partial charge on any atom is 0.323 e. The minimum atomic E-state index is -0.869. The topological polar surface area (TPSA) is 58.6 Å². The van der Waals surface area contributed by atoms with Gasteiger partial charge in [0.15, 0.2) is 0 Å². The second-order valence-electron chi connectivity index (χ2n) is 6.82. The van der Waals surface area contributed by atoms with Crippen molar-refractivity contribution in [2.45, 2.75) is 90.3 Å². The Bertz CT molecular complexity index is 317. The predicted molar refractivity (Wildman–Crippen MR) is 85.5 cm³/mol. The van der Waals surface area contributed by atoms with Crippen molar-refractivity contribution in [3.05, 3.63) is 0 Å². The zero-order valence-corrected chi connectivity index (χ0v) is 14.2. The minimum Gasteiger partial charge on any atom is -0.480 e. The molecule has 1 rings (SSSR count). The molecule has 124 valence electrons. The Labute approximate surface area is 129 Å². The standard InChI is InChI=1S/C17H33NO3/c1-5-7-8-14(6-2)12-21-13(3)11-17(4,16(19)20)18-15-9-10-15/h13-15,18H,5-12H2,1-4H3,(H,19,20). The molecule has 0 aromatic carbocycles. The number of hydrogen-bond acceptors (Lipinski definition) is 3. The fourth-order valence-electron chi connectivity index (χ4n) is 2.72. The number of unbranched alkanes of at least 4 members (excludes halogenated alkanes) is 1. The molecule has 4 heteroatoms. The average molecular weight is 299 g/mol. The summed E-state index contributed by atoms with van der Waals surface area (Å²) in [5.41, 5.74) is -0.869. The molecule has 1 saturated carbocycles. The van der Waals surface area contributed by atoms with Gasteiger partial charge >= 0.3 is 5.97 Å². The molecule has 0 aromatic rings. The second kappa shape index (κ2) is 8.74. The molecule has 3 unspecified atom stereocenters. The molecule has 0 bridgehead atoms. The minimum absolute atomic E-state index is 0.0342. The monoisotopic (exact) mass is 299 g/mol. The zero-order chi connectivity index (χ0) is 15.9. The van der Waals surface area contributed by atoms with Crippen LogP contribution >= 0.6 is 0 Å². The highest BCUT2D eigenvalue weighted by Crippen LogP contribution is 2.26. The van der Waals surface area contributed by atoms with Gasteiger partial charge in [-0.05, 0) is 39.0 Å². The zero-order valence-electron chi connectivity index (χ0n) is 14.2. The summed E-state index contributed by atoms with van der Waals surface area (Å²) in [5.74, 6) is -0.178. The molecule has 0 aliphatic heterocycles. The summed E-state index contributed by atoms with van der Waals surface area (Å²) in [5, 5.41) is 12.7. The van der Waals surface area contributed by atoms with Crippen LogP contribution < -0.4 is 5.32 Å². The maximum absolute atomic E-state index is 11.5. The second-order valence-corrected chi connectivity index (χ2v) is 6.82. The van der Waals surface area contributed by atoms with Gasteiger partial charge in [-0.1, -0.05) is 33.1 Å². The van der Waals surface area contributed by atoms with Crippen molar-refractivity contribution in [1.82, 2.24) is 5.32 Å². The largest absolute Gasteiger partial charge is 0.480 e. The summed E-state index contributed by atoms with van der Waals surface area (Å²) in [4.78, 5) is 11.5. The number of carbonyl (C=O) groups is 1. The number of rotatable bonds is 12. The van der Waals surface area contributed by atoms with E-state index >= 15 is 0 Å². The van der Waals surface area contributed by atoms with E-state index in [0.29, 0.717) is 18.4 Å². The van der Waals surface area contributed by atoms with Crippen molar-refractivity contribution in [3.63, 3.8) is 0 Å². The first-order valence-corrected chi connectivity index (χ1v) is 8.54. The Balaban J connectivity index is 2.38. The van der Waals surface area contributed by atoms with Crippen LogP contribution in [-0.2, 0) is 9.53 Å². The van der Waals surface area contributed by atoms with Gasteiger partial charge in [-0.2, -0.15) is 0 Å². The third kappa shape index (κ3) is 6.79. The lowest BCUT2D eigenvalue weighted by Gasteiger charge is -2.30. The Morgan fingerprint density at radius 1 is 1.43 bits per heavy atom. The van der Waals surface area contributed by atoms with Crippen LogP contribution in [-0.4, -0.2) is 35.4 Å². The molecule has 0 amide bonds. The number of carboxylic acids is 1. The molecular weight excluding hydrogens is 266 g/mol. The SMILES string of the molecule is CCCCC(CC)COC(C)CC(C)(NC1CC1)C(=O)O. The molecule has 4 nitrogen and oxygen atoms in total. The first-order valence-electron chi connectivity index (χ1n) is 8.54. The number of hydrogen-bond donors (Lipinski definition) is 2. The first-order chi connectivity index (χ1) is 9.91. The number of aliphatic carboxylic acids is 1. The molecule has 1 aliphatic rings. The predicted octanol–water partition coefficient (Wildman–Crippen LogP) is 3.59. The van der Waals surface area contributed by atoms with Crippen LogP contribution in [0.5, 0.6) is 0 Å². The van der Waals surface area contributed by atoms with Crippen LogP contribution in [0, 0.1) is 5.92 Å². The van der Waals surface area contributed by atoms with Gasteiger partial charge in [0.2, 0.25) is 0 Å². The van der Waals surface area contributed by atoms with E-state index in [0.717, 1.165) is 25.9 Å². The smallest absolute Gasteiger partial charge is 0.323 e. The van der Waals surface area contributed by atoms with Crippen molar-refractivity contribution < 1.29 is 14.6 Å². The van der Waals surface area contributed by atoms with E-state index in [2.05, 4.69) is 19.2 Å². The van der Waals surface area contributed by atoms with Gasteiger partial charge < -0.3 is 9.84 Å². The van der Waals surface area contributed by atoms with Crippen LogP contribution in [0.4, 0.5) is 0 Å². The lowest BCUT2D eigenvalue weighted by molar-refractivity contribution is -0.146. The molecule has 1 aliphatic carbocycles. The number of nitrogens with one attached hydrogen (secondary N) is 1. The van der Waals surface area contributed by atoms with Crippen LogP contribution in [0.2, 0.25) is 0 Å². The van der Waals surface area contributed by atoms with Crippen molar-refractivity contribution >= 4 is 5.97 Å². The quantitative estimate of drug-likeness (QED) is 0.578. The molecule has 0 spiro atoms. The van der Waals surface area contributed by atoms with Gasteiger partial charge in [0.25, 0.3) is 0 Å². The Morgan fingerprint density at radius 2 is 2.10 bits per heavy atom. The van der Waals surface area contributed by atoms with Gasteiger partial charge in [0.1, 0.15) is 5.54 Å². The van der Waals surface area contributed by atoms with Gasteiger partial charge in [-0.25, -0.2) is 0 Å². The Morgan fingerprint density at radius 3 is 2.57 bits per heavy atom. The molecule has 2 N–H and O–H groups in total. The molecule has 3 atom stereocenters. The highest BCUT2D eigenvalue weighted by atomic mass is 16.5. The molecular formula is C17H33NO3. The Kier molecular flexibility index (Phi) is 7.67. The van der Waals surface area contributed by atoms with E-state index in [-0.39, 0.29) is 6.10 Å². The molecule has 21 heavy (non-hydrogen) atoms. The summed E-state index contributed by atoms with van der Waals surface area (Å²) >= 11 is 0. The fraction of sp³-hybridized carbons (Fsp3) is 0.941. The molecule has 0 radical (unpaired) electrons. The number of ether oxygens (including phenoxy) is 1. The van der Waals surface area contributed by atoms with E-state index in [1.54, 1.807) is 6.92 Å². The van der Waals surface area contributed by atoms with Gasteiger partial charge in [0.05, 0.1) is 6.10 Å². The van der Waals surface area contributed by atoms with E-state index in [1.165, 1.54) is 19.3 Å². The molecule has 0 saturated heterocycles. The van der Waals surface area contributed by atoms with Crippen LogP contribution in [0.1, 0.15) is 72.6 Å². The lowest BCUT2D eigenvalue weighted by atomic mass is 9.94. The third-order valence-corrected chi connectivity index (χ3v) is 4.43. The van der Waals surface area contributed by atoms with E-state index in [1.807, 2.05) is 6.92 Å². The van der Waals surface area contributed by atoms with Crippen LogP contribution in [0.15, 0.2) is 0 Å². The third-order valence-electron chi connectivity index (χ3n) is 4.43. The van der Waals surface area contributed by atoms with Gasteiger partial charge in [-0.15, -0.1) is 0 Å². The van der Waals surface area contributed by atoms with Crippen molar-refractivity contribution in [1.29, 1.82) is 0 Å². The Hall–Kier alpha value is -0.610. The summed E-state index contributed by atoms with van der Waals surface area (Å²) in [6, 6.07) is 0.381. The summed E-state index contributed by atoms with van der Waals surface area (Å²) in [6.45, 7) is 8.92. The highest BCUT2D eigenvalue weighted by molar-refractivity contribution is 5.78. The summed E-state index contributed by atoms with van der Waals surface area (Å²) in [7, 11) is 0. The fourth-order valence-corrected chi connectivity index (χ4v) is 2.72. The normalized spacial score (nSPS) is 20.8. The van der Waals surface area contributed by atoms with E-state index < -0.39 is 11.5 Å². The van der Waals surface area contributed by atoms with Crippen LogP contribution in [0.25, 0.3) is 0 Å². The summed E-state index contributed by atoms with van der Waals surface area (Å²) < 4.78 is 5.94. The summed E-state index contributed by atoms with van der Waals surface area (Å²) in [6.07, 6.45) is 7.46. The lowest BCUT2D eigenvalue weighted by Crippen LogP contribution is -2.52. The van der Waals surface area contributed by atoms with Crippen molar-refractivity contribution in [3.8, 4) is 0 Å². The highest BCUT2D eigenvalue weighted by Gasteiger charge is 2.39.